The molecule has 24 heavy (non-hydrogen) atoms. The summed E-state index contributed by atoms with van der Waals surface area (Å²) in [6, 6.07) is -0.837. The number of carbonyl (C=O) groups is 4. The summed E-state index contributed by atoms with van der Waals surface area (Å²) in [5.74, 6) is -2.93. The van der Waals surface area contributed by atoms with Gasteiger partial charge in [0.05, 0.1) is 26.0 Å². The van der Waals surface area contributed by atoms with Gasteiger partial charge in [0.1, 0.15) is 0 Å². The Labute approximate surface area is 139 Å². The maximum absolute atomic E-state index is 12.0. The molecule has 0 fully saturated rings. The number of aliphatic carboxylic acids is 1. The molecule has 0 radical (unpaired) electrons. The number of aliphatic hydroxyl groups is 1. The summed E-state index contributed by atoms with van der Waals surface area (Å²) in [5, 5.41) is 18.2. The first kappa shape index (κ1) is 21.6. The molecule has 0 spiro atoms. The number of carboxylic acid groups (broad SMARTS) is 1. The molecule has 2 amide bonds. The Hall–Kier alpha value is -2.36. The number of hydrogen-bond donors (Lipinski definition) is 3. The summed E-state index contributed by atoms with van der Waals surface area (Å²) < 4.78 is 4.65. The van der Waals surface area contributed by atoms with Crippen LogP contribution >= 0.6 is 0 Å². The molecule has 10 heteroatoms. The maximum Gasteiger partial charge on any atom is 0.350 e. The topological polar surface area (TPSA) is 142 Å². The maximum atomic E-state index is 12.0. The fourth-order valence-corrected chi connectivity index (χ4v) is 1.63. The van der Waals surface area contributed by atoms with Gasteiger partial charge in [-0.1, -0.05) is 13.8 Å². The number of esters is 1. The van der Waals surface area contributed by atoms with E-state index in [0.717, 1.165) is 4.90 Å². The van der Waals surface area contributed by atoms with E-state index in [2.05, 4.69) is 9.57 Å². The number of nitrogens with one attached hydrogen (secondary N) is 1. The number of aliphatic hydroxyl groups excluding tert-OH is 1. The molecule has 0 aliphatic heterocycles. The van der Waals surface area contributed by atoms with Crippen molar-refractivity contribution in [3.8, 4) is 0 Å². The number of urea groups is 1. The van der Waals surface area contributed by atoms with E-state index in [0.29, 0.717) is 0 Å². The number of nitrogens with zero attached hydrogens (tertiary/aromatic N) is 1. The molecule has 0 saturated heterocycles. The Morgan fingerprint density at radius 3 is 2.25 bits per heavy atom. The summed E-state index contributed by atoms with van der Waals surface area (Å²) in [4.78, 5) is 50.6. The fourth-order valence-electron chi connectivity index (χ4n) is 1.63. The minimum Gasteiger partial charge on any atom is -0.481 e. The van der Waals surface area contributed by atoms with Gasteiger partial charge in [0.15, 0.2) is 6.10 Å². The zero-order chi connectivity index (χ0) is 18.7. The molecule has 0 heterocycles. The predicted molar refractivity (Wildman–Crippen MR) is 80.5 cm³/mol. The Balaban J connectivity index is 4.57. The molecule has 138 valence electrons. The van der Waals surface area contributed by atoms with Crippen LogP contribution in [0.2, 0.25) is 0 Å². The average Bonchev–Trinajstić information content (AvgIpc) is 2.49. The number of hydroxylamine groups is 1. The zero-order valence-electron chi connectivity index (χ0n) is 14.0. The van der Waals surface area contributed by atoms with Gasteiger partial charge < -0.3 is 24.7 Å². The normalized spacial score (nSPS) is 11.5. The highest BCUT2D eigenvalue weighted by Gasteiger charge is 2.24. The summed E-state index contributed by atoms with van der Waals surface area (Å²) in [5.41, 5.74) is 1.87. The van der Waals surface area contributed by atoms with Gasteiger partial charge in [-0.25, -0.2) is 14.4 Å². The second-order valence-corrected chi connectivity index (χ2v) is 5.34. The van der Waals surface area contributed by atoms with Crippen molar-refractivity contribution in [2.75, 3.05) is 19.7 Å². The van der Waals surface area contributed by atoms with E-state index < -0.39 is 42.9 Å². The average molecular weight is 348 g/mol. The van der Waals surface area contributed by atoms with Gasteiger partial charge in [-0.3, -0.25) is 4.79 Å². The Morgan fingerprint density at radius 1 is 1.12 bits per heavy atom. The van der Waals surface area contributed by atoms with Crippen LogP contribution in [0, 0.1) is 5.92 Å². The lowest BCUT2D eigenvalue weighted by Gasteiger charge is -2.25. The van der Waals surface area contributed by atoms with Gasteiger partial charge in [-0.05, 0) is 12.8 Å². The van der Waals surface area contributed by atoms with E-state index in [-0.39, 0.29) is 25.6 Å². The van der Waals surface area contributed by atoms with Crippen LogP contribution in [0.5, 0.6) is 0 Å². The lowest BCUT2D eigenvalue weighted by atomic mass is 10.2. The van der Waals surface area contributed by atoms with E-state index in [1.54, 1.807) is 6.92 Å². The molecule has 0 saturated carbocycles. The lowest BCUT2D eigenvalue weighted by molar-refractivity contribution is -0.154. The minimum atomic E-state index is -1.53. The van der Waals surface area contributed by atoms with Crippen molar-refractivity contribution in [1.29, 1.82) is 0 Å². The van der Waals surface area contributed by atoms with Crippen LogP contribution in [0.25, 0.3) is 0 Å². The quantitative estimate of drug-likeness (QED) is 0.387. The SMILES string of the molecule is CCOC(=O)C(O)CN(CC(C)C)C(=O)NOC(=O)CCC(=O)O. The molecule has 10 nitrogen and oxygen atoms in total. The van der Waals surface area contributed by atoms with Gasteiger partial charge in [0.25, 0.3) is 0 Å². The van der Waals surface area contributed by atoms with Gasteiger partial charge in [-0.2, -0.15) is 5.48 Å². The van der Waals surface area contributed by atoms with E-state index in [1.807, 2.05) is 19.3 Å². The largest absolute Gasteiger partial charge is 0.481 e. The molecule has 0 aliphatic carbocycles. The van der Waals surface area contributed by atoms with Crippen molar-refractivity contribution >= 4 is 23.9 Å². The van der Waals surface area contributed by atoms with Gasteiger partial charge in [-0.15, -0.1) is 0 Å². The summed E-state index contributed by atoms with van der Waals surface area (Å²) >= 11 is 0. The van der Waals surface area contributed by atoms with Crippen molar-refractivity contribution in [3.63, 3.8) is 0 Å². The van der Waals surface area contributed by atoms with Crippen molar-refractivity contribution in [2.24, 2.45) is 5.92 Å². The van der Waals surface area contributed by atoms with Crippen LogP contribution in [0.4, 0.5) is 4.79 Å². The number of ether oxygens (including phenoxy) is 1. The van der Waals surface area contributed by atoms with Crippen LogP contribution in [-0.4, -0.2) is 64.9 Å². The molecule has 0 rings (SSSR count). The Kier molecular flexibility index (Phi) is 10.1. The van der Waals surface area contributed by atoms with Crippen molar-refractivity contribution in [1.82, 2.24) is 10.4 Å². The number of carboxylic acids is 1. The highest BCUT2D eigenvalue weighted by molar-refractivity contribution is 5.80. The molecule has 0 aromatic heterocycles. The molecule has 1 unspecified atom stereocenters. The number of amides is 2. The van der Waals surface area contributed by atoms with E-state index in [1.165, 1.54) is 0 Å². The van der Waals surface area contributed by atoms with Crippen molar-refractivity contribution in [2.45, 2.75) is 39.7 Å². The zero-order valence-corrected chi connectivity index (χ0v) is 14.0. The summed E-state index contributed by atoms with van der Waals surface area (Å²) in [6.45, 7) is 5.16. The third kappa shape index (κ3) is 9.62. The second-order valence-electron chi connectivity index (χ2n) is 5.34. The highest BCUT2D eigenvalue weighted by atomic mass is 16.7. The second kappa shape index (κ2) is 11.2. The van der Waals surface area contributed by atoms with Crippen LogP contribution in [0.15, 0.2) is 0 Å². The number of rotatable bonds is 9. The first-order valence-corrected chi connectivity index (χ1v) is 7.48. The van der Waals surface area contributed by atoms with E-state index >= 15 is 0 Å². The fraction of sp³-hybridized carbons (Fsp3) is 0.714. The standard InChI is InChI=1S/C14H24N2O8/c1-4-23-13(21)10(17)8-16(7-9(2)3)14(22)15-24-12(20)6-5-11(18)19/h9-10,17H,4-8H2,1-3H3,(H,15,22)(H,18,19). The summed E-state index contributed by atoms with van der Waals surface area (Å²) in [6.07, 6.45) is -2.35. The monoisotopic (exact) mass is 348 g/mol. The lowest BCUT2D eigenvalue weighted by Crippen LogP contribution is -2.47. The molecule has 0 aliphatic rings. The van der Waals surface area contributed by atoms with Crippen molar-refractivity contribution in [3.05, 3.63) is 0 Å². The summed E-state index contributed by atoms with van der Waals surface area (Å²) in [7, 11) is 0. The van der Waals surface area contributed by atoms with Gasteiger partial charge in [0.2, 0.25) is 0 Å². The molecular weight excluding hydrogens is 324 g/mol. The molecule has 0 aromatic rings. The van der Waals surface area contributed by atoms with Crippen LogP contribution in [-0.2, 0) is 24.0 Å². The number of hydrogen-bond acceptors (Lipinski definition) is 7. The predicted octanol–water partition coefficient (Wildman–Crippen LogP) is -0.0990. The van der Waals surface area contributed by atoms with E-state index in [4.69, 9.17) is 5.11 Å². The molecule has 1 atom stereocenters. The first-order chi connectivity index (χ1) is 11.2. The Morgan fingerprint density at radius 2 is 1.75 bits per heavy atom. The third-order valence-corrected chi connectivity index (χ3v) is 2.62. The Bertz CT molecular complexity index is 452. The molecular formula is C14H24N2O8. The molecule has 0 bridgehead atoms. The smallest absolute Gasteiger partial charge is 0.350 e. The van der Waals surface area contributed by atoms with Gasteiger partial charge >= 0.3 is 23.9 Å². The van der Waals surface area contributed by atoms with Crippen LogP contribution in [0.1, 0.15) is 33.6 Å². The van der Waals surface area contributed by atoms with Gasteiger partial charge in [0, 0.05) is 6.54 Å². The van der Waals surface area contributed by atoms with Crippen LogP contribution in [0.3, 0.4) is 0 Å². The molecule has 3 N–H and O–H groups in total. The van der Waals surface area contributed by atoms with E-state index in [9.17, 15) is 24.3 Å². The van der Waals surface area contributed by atoms with Crippen LogP contribution < -0.4 is 5.48 Å². The minimum absolute atomic E-state index is 0.0212. The highest BCUT2D eigenvalue weighted by Crippen LogP contribution is 2.03. The number of carbonyl (C=O) groups excluding carboxylic acids is 3. The van der Waals surface area contributed by atoms with Crippen molar-refractivity contribution < 1.29 is 39.0 Å². The molecule has 0 aromatic carbocycles. The third-order valence-electron chi connectivity index (χ3n) is 2.62. The first-order valence-electron chi connectivity index (χ1n) is 7.48.